The monoisotopic (exact) mass is 348 g/mol. The summed E-state index contributed by atoms with van der Waals surface area (Å²) in [5, 5.41) is 0. The highest BCUT2D eigenvalue weighted by Gasteiger charge is 2.36. The first kappa shape index (κ1) is 13.9. The van der Waals surface area contributed by atoms with Gasteiger partial charge >= 0.3 is 0 Å². The summed E-state index contributed by atoms with van der Waals surface area (Å²) in [6, 6.07) is 8.91. The third kappa shape index (κ3) is 2.16. The van der Waals surface area contributed by atoms with E-state index in [4.69, 9.17) is 5.73 Å². The molecule has 1 heterocycles. The number of hydrogen-bond donors (Lipinski definition) is 1. The number of anilines is 1. The van der Waals surface area contributed by atoms with Gasteiger partial charge in [0, 0.05) is 16.6 Å². The van der Waals surface area contributed by atoms with E-state index in [0.29, 0.717) is 21.3 Å². The molecule has 0 radical (unpaired) electrons. The zero-order valence-corrected chi connectivity index (χ0v) is 12.4. The summed E-state index contributed by atoms with van der Waals surface area (Å²) in [4.78, 5) is 25.8. The fourth-order valence-electron chi connectivity index (χ4n) is 2.30. The van der Waals surface area contributed by atoms with Crippen molar-refractivity contribution in [3.05, 3.63) is 63.4 Å². The van der Waals surface area contributed by atoms with Gasteiger partial charge < -0.3 is 5.73 Å². The molecule has 2 aromatic carbocycles. The van der Waals surface area contributed by atoms with Gasteiger partial charge in [0.05, 0.1) is 16.8 Å². The van der Waals surface area contributed by atoms with Crippen LogP contribution in [0.15, 0.2) is 40.9 Å². The maximum atomic E-state index is 13.5. The Morgan fingerprint density at radius 3 is 2.48 bits per heavy atom. The van der Waals surface area contributed by atoms with Gasteiger partial charge in [-0.1, -0.05) is 15.9 Å². The zero-order chi connectivity index (χ0) is 15.1. The number of imide groups is 1. The van der Waals surface area contributed by atoms with E-state index in [9.17, 15) is 14.0 Å². The molecule has 106 valence electrons. The average molecular weight is 349 g/mol. The van der Waals surface area contributed by atoms with Crippen LogP contribution in [0.25, 0.3) is 0 Å². The maximum Gasteiger partial charge on any atom is 0.266 e. The van der Waals surface area contributed by atoms with Gasteiger partial charge in [0.1, 0.15) is 5.82 Å². The molecular weight excluding hydrogens is 339 g/mol. The molecule has 0 saturated carbocycles. The Morgan fingerprint density at radius 2 is 1.76 bits per heavy atom. The molecule has 21 heavy (non-hydrogen) atoms. The largest absolute Gasteiger partial charge is 0.326 e. The summed E-state index contributed by atoms with van der Waals surface area (Å²) < 4.78 is 14.2. The average Bonchev–Trinajstić information content (AvgIpc) is 2.71. The van der Waals surface area contributed by atoms with Crippen molar-refractivity contribution in [3.8, 4) is 0 Å². The molecule has 0 saturated heterocycles. The molecule has 2 amide bonds. The molecule has 0 spiro atoms. The quantitative estimate of drug-likeness (QED) is 0.848. The maximum absolute atomic E-state index is 13.5. The first-order valence-corrected chi connectivity index (χ1v) is 6.99. The SMILES string of the molecule is NCc1cc(N2C(=O)c3ccc(Br)cc3C2=O)ccc1F. The van der Waals surface area contributed by atoms with Gasteiger partial charge in [-0.05, 0) is 36.4 Å². The van der Waals surface area contributed by atoms with Crippen molar-refractivity contribution in [1.82, 2.24) is 0 Å². The van der Waals surface area contributed by atoms with E-state index in [1.807, 2.05) is 0 Å². The van der Waals surface area contributed by atoms with E-state index in [1.54, 1.807) is 18.2 Å². The number of carbonyl (C=O) groups is 2. The van der Waals surface area contributed by atoms with E-state index in [1.165, 1.54) is 18.2 Å². The molecule has 0 atom stereocenters. The molecule has 0 aromatic heterocycles. The van der Waals surface area contributed by atoms with E-state index in [-0.39, 0.29) is 12.1 Å². The normalized spacial score (nSPS) is 13.8. The second kappa shape index (κ2) is 5.05. The highest BCUT2D eigenvalue weighted by atomic mass is 79.9. The van der Waals surface area contributed by atoms with Crippen molar-refractivity contribution in [2.45, 2.75) is 6.54 Å². The number of benzene rings is 2. The summed E-state index contributed by atoms with van der Waals surface area (Å²) in [5.74, 6) is -1.30. The Morgan fingerprint density at radius 1 is 1.05 bits per heavy atom. The van der Waals surface area contributed by atoms with E-state index >= 15 is 0 Å². The van der Waals surface area contributed by atoms with E-state index in [0.717, 1.165) is 4.90 Å². The Balaban J connectivity index is 2.09. The third-order valence-corrected chi connectivity index (χ3v) is 3.85. The smallest absolute Gasteiger partial charge is 0.266 e. The van der Waals surface area contributed by atoms with Crippen molar-refractivity contribution in [1.29, 1.82) is 0 Å². The molecule has 2 aromatic rings. The number of fused-ring (bicyclic) bond motifs is 1. The Kier molecular flexibility index (Phi) is 3.35. The van der Waals surface area contributed by atoms with Crippen molar-refractivity contribution < 1.29 is 14.0 Å². The summed E-state index contributed by atoms with van der Waals surface area (Å²) in [6.07, 6.45) is 0. The van der Waals surface area contributed by atoms with Gasteiger partial charge in [-0.2, -0.15) is 0 Å². The number of halogens is 2. The van der Waals surface area contributed by atoms with Crippen molar-refractivity contribution in [3.63, 3.8) is 0 Å². The molecule has 0 aliphatic carbocycles. The first-order chi connectivity index (χ1) is 10.0. The Labute approximate surface area is 128 Å². The highest BCUT2D eigenvalue weighted by Crippen LogP contribution is 2.31. The van der Waals surface area contributed by atoms with E-state index in [2.05, 4.69) is 15.9 Å². The van der Waals surface area contributed by atoms with Crippen molar-refractivity contribution in [2.75, 3.05) is 4.90 Å². The molecule has 0 unspecified atom stereocenters. The Hall–Kier alpha value is -2.05. The fraction of sp³-hybridized carbons (Fsp3) is 0.0667. The van der Waals surface area contributed by atoms with Crippen LogP contribution in [-0.2, 0) is 6.54 Å². The molecule has 1 aliphatic heterocycles. The minimum Gasteiger partial charge on any atom is -0.326 e. The number of carbonyl (C=O) groups excluding carboxylic acids is 2. The second-order valence-electron chi connectivity index (χ2n) is 4.62. The third-order valence-electron chi connectivity index (χ3n) is 3.36. The van der Waals surface area contributed by atoms with Crippen LogP contribution in [0.1, 0.15) is 26.3 Å². The number of hydrogen-bond acceptors (Lipinski definition) is 3. The van der Waals surface area contributed by atoms with Gasteiger partial charge in [-0.25, -0.2) is 9.29 Å². The highest BCUT2D eigenvalue weighted by molar-refractivity contribution is 9.10. The summed E-state index contributed by atoms with van der Waals surface area (Å²) >= 11 is 3.27. The molecule has 1 aliphatic rings. The second-order valence-corrected chi connectivity index (χ2v) is 5.53. The van der Waals surface area contributed by atoms with Crippen LogP contribution >= 0.6 is 15.9 Å². The van der Waals surface area contributed by atoms with E-state index < -0.39 is 17.6 Å². The summed E-state index contributed by atoms with van der Waals surface area (Å²) in [6.45, 7) is -0.00556. The van der Waals surface area contributed by atoms with Crippen molar-refractivity contribution >= 4 is 33.4 Å². The minimum absolute atomic E-state index is 0.00556. The summed E-state index contributed by atoms with van der Waals surface area (Å²) in [7, 11) is 0. The molecule has 4 nitrogen and oxygen atoms in total. The van der Waals surface area contributed by atoms with Gasteiger partial charge in [-0.3, -0.25) is 9.59 Å². The molecular formula is C15H10BrFN2O2. The van der Waals surface area contributed by atoms with Crippen LogP contribution in [0.4, 0.5) is 10.1 Å². The van der Waals surface area contributed by atoms with Gasteiger partial charge in [0.15, 0.2) is 0 Å². The molecule has 2 N–H and O–H groups in total. The molecule has 0 bridgehead atoms. The van der Waals surface area contributed by atoms with Gasteiger partial charge in [0.25, 0.3) is 11.8 Å². The fourth-order valence-corrected chi connectivity index (χ4v) is 2.67. The standard InChI is InChI=1S/C15H10BrFN2O2/c16-9-1-3-11-12(6-9)15(21)19(14(11)20)10-2-4-13(17)8(5-10)7-18/h1-6H,7,18H2. The number of amides is 2. The van der Waals surface area contributed by atoms with Crippen LogP contribution in [0, 0.1) is 5.82 Å². The number of rotatable bonds is 2. The minimum atomic E-state index is -0.458. The van der Waals surface area contributed by atoms with Crippen LogP contribution < -0.4 is 10.6 Å². The first-order valence-electron chi connectivity index (χ1n) is 6.19. The van der Waals surface area contributed by atoms with Gasteiger partial charge in [0.2, 0.25) is 0 Å². The predicted octanol–water partition coefficient (Wildman–Crippen LogP) is 2.85. The molecule has 3 rings (SSSR count). The van der Waals surface area contributed by atoms with Gasteiger partial charge in [-0.15, -0.1) is 0 Å². The molecule has 0 fully saturated rings. The number of nitrogens with zero attached hydrogens (tertiary/aromatic N) is 1. The van der Waals surface area contributed by atoms with Crippen molar-refractivity contribution in [2.24, 2.45) is 5.73 Å². The lowest BCUT2D eigenvalue weighted by Gasteiger charge is -2.15. The Bertz CT molecular complexity index is 776. The summed E-state index contributed by atoms with van der Waals surface area (Å²) in [5.41, 5.74) is 6.69. The van der Waals surface area contributed by atoms with Crippen LogP contribution in [0.3, 0.4) is 0 Å². The lowest BCUT2D eigenvalue weighted by atomic mass is 10.1. The zero-order valence-electron chi connectivity index (χ0n) is 10.8. The van der Waals surface area contributed by atoms with Crippen LogP contribution in [-0.4, -0.2) is 11.8 Å². The van der Waals surface area contributed by atoms with Crippen LogP contribution in [0.2, 0.25) is 0 Å². The lowest BCUT2D eigenvalue weighted by Crippen LogP contribution is -2.29. The number of nitrogens with two attached hydrogens (primary N) is 1. The topological polar surface area (TPSA) is 63.4 Å². The lowest BCUT2D eigenvalue weighted by molar-refractivity contribution is 0.0926. The van der Waals surface area contributed by atoms with Crippen LogP contribution in [0.5, 0.6) is 0 Å². The molecule has 6 heteroatoms. The predicted molar refractivity (Wildman–Crippen MR) is 79.6 cm³/mol.